The number of aliphatic carboxylic acids is 1. The third-order valence-electron chi connectivity index (χ3n) is 4.28. The number of hydrogen-bond donors (Lipinski definition) is 2. The summed E-state index contributed by atoms with van der Waals surface area (Å²) in [5.41, 5.74) is -1.07. The summed E-state index contributed by atoms with van der Waals surface area (Å²) in [5.74, 6) is 0.373. The molecule has 1 saturated heterocycles. The monoisotopic (exact) mass is 300 g/mol. The largest absolute Gasteiger partial charge is 0.480 e. The Morgan fingerprint density at radius 2 is 2.15 bits per heavy atom. The number of urea groups is 1. The molecule has 1 saturated carbocycles. The molecule has 3 unspecified atom stereocenters. The van der Waals surface area contributed by atoms with Crippen LogP contribution in [0.25, 0.3) is 0 Å². The van der Waals surface area contributed by atoms with Gasteiger partial charge in [-0.25, -0.2) is 9.59 Å². The fraction of sp³-hybridized carbons (Fsp3) is 0.857. The summed E-state index contributed by atoms with van der Waals surface area (Å²) >= 11 is 1.85. The van der Waals surface area contributed by atoms with Gasteiger partial charge < -0.3 is 15.3 Å². The van der Waals surface area contributed by atoms with Crippen LogP contribution >= 0.6 is 11.8 Å². The first-order valence-electron chi connectivity index (χ1n) is 7.35. The second-order valence-electron chi connectivity index (χ2n) is 6.15. The number of carbonyl (C=O) groups is 2. The molecule has 2 aliphatic rings. The highest BCUT2D eigenvalue weighted by atomic mass is 32.2. The molecule has 20 heavy (non-hydrogen) atoms. The number of amides is 2. The number of carboxylic acid groups (broad SMARTS) is 1. The average molecular weight is 300 g/mol. The van der Waals surface area contributed by atoms with Gasteiger partial charge in [-0.3, -0.25) is 0 Å². The Morgan fingerprint density at radius 3 is 2.75 bits per heavy atom. The van der Waals surface area contributed by atoms with Gasteiger partial charge in [0.25, 0.3) is 0 Å². The lowest BCUT2D eigenvalue weighted by molar-refractivity contribution is -0.146. The maximum absolute atomic E-state index is 12.4. The van der Waals surface area contributed by atoms with E-state index in [1.54, 1.807) is 4.90 Å². The highest BCUT2D eigenvalue weighted by Gasteiger charge is 2.44. The van der Waals surface area contributed by atoms with Crippen molar-refractivity contribution in [2.24, 2.45) is 5.92 Å². The smallest absolute Gasteiger partial charge is 0.329 e. The van der Waals surface area contributed by atoms with Crippen LogP contribution in [0.3, 0.4) is 0 Å². The molecule has 0 radical (unpaired) electrons. The van der Waals surface area contributed by atoms with Crippen LogP contribution in [0.2, 0.25) is 0 Å². The number of thioether (sulfide) groups is 1. The number of nitrogens with zero attached hydrogens (tertiary/aromatic N) is 1. The van der Waals surface area contributed by atoms with Crippen molar-refractivity contribution < 1.29 is 14.7 Å². The summed E-state index contributed by atoms with van der Waals surface area (Å²) in [5, 5.41) is 12.8. The first kappa shape index (κ1) is 15.5. The SMILES string of the molecule is CC1CCCC(NC(=O)N2CCSC(C)C2)(C(=O)O)C1. The topological polar surface area (TPSA) is 69.6 Å². The number of rotatable bonds is 2. The predicted octanol–water partition coefficient (Wildman–Crippen LogP) is 2.17. The summed E-state index contributed by atoms with van der Waals surface area (Å²) in [4.78, 5) is 25.8. The number of nitrogens with one attached hydrogen (secondary N) is 1. The van der Waals surface area contributed by atoms with E-state index < -0.39 is 11.5 Å². The minimum absolute atomic E-state index is 0.214. The van der Waals surface area contributed by atoms with Crippen LogP contribution in [-0.4, -0.2) is 51.6 Å². The lowest BCUT2D eigenvalue weighted by Crippen LogP contribution is -2.60. The molecule has 0 bridgehead atoms. The Bertz CT molecular complexity index is 391. The lowest BCUT2D eigenvalue weighted by Gasteiger charge is -2.39. The standard InChI is InChI=1S/C14H24N2O3S/c1-10-4-3-5-14(8-10,12(17)18)15-13(19)16-6-7-20-11(2)9-16/h10-11H,3-9H2,1-2H3,(H,15,19)(H,17,18). The quantitative estimate of drug-likeness (QED) is 0.820. The van der Waals surface area contributed by atoms with Crippen LogP contribution in [0.15, 0.2) is 0 Å². The summed E-state index contributed by atoms with van der Waals surface area (Å²) in [6.45, 7) is 5.55. The Hall–Kier alpha value is -0.910. The summed E-state index contributed by atoms with van der Waals surface area (Å²) in [6.07, 6.45) is 2.98. The van der Waals surface area contributed by atoms with Crippen molar-refractivity contribution in [2.45, 2.75) is 50.3 Å². The van der Waals surface area contributed by atoms with Gasteiger partial charge in [-0.2, -0.15) is 11.8 Å². The fourth-order valence-electron chi connectivity index (χ4n) is 3.20. The van der Waals surface area contributed by atoms with E-state index in [4.69, 9.17) is 0 Å². The van der Waals surface area contributed by atoms with Crippen LogP contribution in [-0.2, 0) is 4.79 Å². The van der Waals surface area contributed by atoms with Gasteiger partial charge in [-0.1, -0.05) is 26.7 Å². The molecule has 5 nitrogen and oxygen atoms in total. The van der Waals surface area contributed by atoms with Gasteiger partial charge in [-0.15, -0.1) is 0 Å². The molecule has 0 aromatic rings. The van der Waals surface area contributed by atoms with Crippen LogP contribution in [0, 0.1) is 5.92 Å². The maximum atomic E-state index is 12.4. The van der Waals surface area contributed by atoms with Gasteiger partial charge in [0.05, 0.1) is 0 Å². The molecule has 0 spiro atoms. The van der Waals surface area contributed by atoms with Crippen molar-refractivity contribution in [3.05, 3.63) is 0 Å². The molecule has 2 fully saturated rings. The molecule has 0 aromatic heterocycles. The average Bonchev–Trinajstić information content (AvgIpc) is 2.38. The van der Waals surface area contributed by atoms with Crippen molar-refractivity contribution >= 4 is 23.8 Å². The van der Waals surface area contributed by atoms with Gasteiger partial charge in [0.1, 0.15) is 5.54 Å². The Kier molecular flexibility index (Phi) is 4.83. The zero-order valence-electron chi connectivity index (χ0n) is 12.2. The number of hydrogen-bond acceptors (Lipinski definition) is 3. The fourth-order valence-corrected chi connectivity index (χ4v) is 4.21. The minimum Gasteiger partial charge on any atom is -0.480 e. The molecule has 114 valence electrons. The molecule has 6 heteroatoms. The van der Waals surface area contributed by atoms with E-state index in [1.807, 2.05) is 11.8 Å². The number of carbonyl (C=O) groups excluding carboxylic acids is 1. The van der Waals surface area contributed by atoms with Gasteiger partial charge in [0.15, 0.2) is 0 Å². The zero-order chi connectivity index (χ0) is 14.8. The Balaban J connectivity index is 2.04. The zero-order valence-corrected chi connectivity index (χ0v) is 13.0. The molecule has 2 N–H and O–H groups in total. The molecule has 0 aromatic carbocycles. The van der Waals surface area contributed by atoms with Crippen molar-refractivity contribution in [3.63, 3.8) is 0 Å². The molecular formula is C14H24N2O3S. The van der Waals surface area contributed by atoms with E-state index in [1.165, 1.54) is 0 Å². The lowest BCUT2D eigenvalue weighted by atomic mass is 9.76. The molecule has 2 rings (SSSR count). The number of carboxylic acids is 1. The first-order chi connectivity index (χ1) is 9.43. The molecule has 1 aliphatic heterocycles. The maximum Gasteiger partial charge on any atom is 0.329 e. The molecular weight excluding hydrogens is 276 g/mol. The van der Waals surface area contributed by atoms with E-state index >= 15 is 0 Å². The van der Waals surface area contributed by atoms with Gasteiger partial charge in [0.2, 0.25) is 0 Å². The third-order valence-corrected chi connectivity index (χ3v) is 5.42. The normalized spacial score (nSPS) is 34.6. The summed E-state index contributed by atoms with van der Waals surface area (Å²) in [7, 11) is 0. The molecule has 1 heterocycles. The first-order valence-corrected chi connectivity index (χ1v) is 8.40. The Labute approximate surface area is 124 Å². The summed E-state index contributed by atoms with van der Waals surface area (Å²) in [6, 6.07) is -0.214. The van der Waals surface area contributed by atoms with Crippen LogP contribution in [0.1, 0.15) is 39.5 Å². The van der Waals surface area contributed by atoms with E-state index in [0.29, 0.717) is 37.1 Å². The van der Waals surface area contributed by atoms with E-state index in [0.717, 1.165) is 18.6 Å². The van der Waals surface area contributed by atoms with Crippen LogP contribution in [0.5, 0.6) is 0 Å². The molecule has 1 aliphatic carbocycles. The van der Waals surface area contributed by atoms with Crippen molar-refractivity contribution in [3.8, 4) is 0 Å². The van der Waals surface area contributed by atoms with Crippen LogP contribution in [0.4, 0.5) is 4.79 Å². The van der Waals surface area contributed by atoms with E-state index in [-0.39, 0.29) is 6.03 Å². The summed E-state index contributed by atoms with van der Waals surface area (Å²) < 4.78 is 0. The second kappa shape index (κ2) is 6.24. The van der Waals surface area contributed by atoms with Crippen molar-refractivity contribution in [1.29, 1.82) is 0 Å². The highest BCUT2D eigenvalue weighted by Crippen LogP contribution is 2.33. The third kappa shape index (κ3) is 3.40. The van der Waals surface area contributed by atoms with Crippen molar-refractivity contribution in [1.82, 2.24) is 10.2 Å². The minimum atomic E-state index is -1.07. The van der Waals surface area contributed by atoms with Gasteiger partial charge in [-0.05, 0) is 18.8 Å². The molecule has 2 amide bonds. The van der Waals surface area contributed by atoms with Gasteiger partial charge in [0, 0.05) is 24.1 Å². The van der Waals surface area contributed by atoms with Gasteiger partial charge >= 0.3 is 12.0 Å². The van der Waals surface area contributed by atoms with Crippen molar-refractivity contribution in [2.75, 3.05) is 18.8 Å². The predicted molar refractivity (Wildman–Crippen MR) is 80.0 cm³/mol. The highest BCUT2D eigenvalue weighted by molar-refractivity contribution is 7.99. The Morgan fingerprint density at radius 1 is 1.40 bits per heavy atom. The second-order valence-corrected chi connectivity index (χ2v) is 7.69. The van der Waals surface area contributed by atoms with Crippen LogP contribution < -0.4 is 5.32 Å². The van der Waals surface area contributed by atoms with E-state index in [9.17, 15) is 14.7 Å². The van der Waals surface area contributed by atoms with E-state index in [2.05, 4.69) is 19.2 Å². The molecule has 3 atom stereocenters.